The molecule has 62 valence electrons. The second kappa shape index (κ2) is 2.77. The van der Waals surface area contributed by atoms with Crippen molar-refractivity contribution in [3.63, 3.8) is 0 Å². The van der Waals surface area contributed by atoms with Crippen molar-refractivity contribution < 1.29 is 9.52 Å². The van der Waals surface area contributed by atoms with E-state index in [1.54, 1.807) is 24.6 Å². The van der Waals surface area contributed by atoms with E-state index >= 15 is 0 Å². The van der Waals surface area contributed by atoms with E-state index < -0.39 is 0 Å². The van der Waals surface area contributed by atoms with Crippen LogP contribution in [0.1, 0.15) is 0 Å². The molecule has 1 N–H and O–H groups in total. The maximum atomic E-state index is 9.04. The van der Waals surface area contributed by atoms with Crippen LogP contribution in [0.3, 0.4) is 0 Å². The Morgan fingerprint density at radius 2 is 2.42 bits per heavy atom. The first kappa shape index (κ1) is 7.03. The van der Waals surface area contributed by atoms with Crippen LogP contribution in [0, 0.1) is 0 Å². The minimum absolute atomic E-state index is 0.304. The van der Waals surface area contributed by atoms with Crippen molar-refractivity contribution in [2.45, 2.75) is 0 Å². The third-order valence-corrected chi connectivity index (χ3v) is 1.71. The highest BCUT2D eigenvalue weighted by Gasteiger charge is 2.07. The molecule has 0 spiro atoms. The largest absolute Gasteiger partial charge is 0.508 e. The van der Waals surface area contributed by atoms with Crippen LogP contribution in [0.15, 0.2) is 46.9 Å². The van der Waals surface area contributed by atoms with E-state index in [4.69, 9.17) is 9.52 Å². The number of hydrogen-bond donors (Lipinski definition) is 1. The number of hydrogen-bond acceptors (Lipinski definition) is 3. The third kappa shape index (κ3) is 1.21. The predicted molar refractivity (Wildman–Crippen MR) is 45.9 cm³/mol. The average Bonchev–Trinajstić information content (AvgIpc) is 2.58. The van der Waals surface area contributed by atoms with Crippen LogP contribution in [-0.4, -0.2) is 11.7 Å². The Kier molecular flexibility index (Phi) is 1.63. The van der Waals surface area contributed by atoms with E-state index in [1.807, 2.05) is 17.0 Å². The molecule has 1 aromatic heterocycles. The lowest BCUT2D eigenvalue weighted by atomic mass is 10.3. The van der Waals surface area contributed by atoms with E-state index in [-0.39, 0.29) is 0 Å². The van der Waals surface area contributed by atoms with Gasteiger partial charge in [-0.2, -0.15) is 0 Å². The highest BCUT2D eigenvalue weighted by molar-refractivity contribution is 5.43. The molecule has 0 aromatic carbocycles. The molecule has 0 atom stereocenters. The fraction of sp³-hybridized carbons (Fsp3) is 0.111. The molecule has 2 heterocycles. The Hall–Kier alpha value is -1.64. The molecule has 0 aliphatic carbocycles. The van der Waals surface area contributed by atoms with E-state index in [0.717, 1.165) is 5.88 Å². The molecule has 0 radical (unpaired) electrons. The highest BCUT2D eigenvalue weighted by Crippen LogP contribution is 2.17. The fourth-order valence-corrected chi connectivity index (χ4v) is 1.08. The molecular weight excluding hydrogens is 154 g/mol. The Morgan fingerprint density at radius 1 is 1.50 bits per heavy atom. The molecule has 3 heteroatoms. The summed E-state index contributed by atoms with van der Waals surface area (Å²) in [5.41, 5.74) is 0. The van der Waals surface area contributed by atoms with Gasteiger partial charge in [-0.3, -0.25) is 0 Å². The molecule has 12 heavy (non-hydrogen) atoms. The summed E-state index contributed by atoms with van der Waals surface area (Å²) < 4.78 is 5.17. The molecule has 1 aliphatic heterocycles. The Labute approximate surface area is 70.2 Å². The summed E-state index contributed by atoms with van der Waals surface area (Å²) in [6, 6.07) is 3.71. The number of aliphatic hydroxyl groups excluding tert-OH is 1. The molecular formula is C9H9NO2. The number of aliphatic hydroxyl groups is 1. The zero-order valence-corrected chi connectivity index (χ0v) is 6.47. The summed E-state index contributed by atoms with van der Waals surface area (Å²) in [4.78, 5) is 1.90. The standard InChI is InChI=1S/C9H9NO2/c11-8-3-5-10(6-4-8)9-2-1-7-12-9/h1-5,7,11H,6H2. The lowest BCUT2D eigenvalue weighted by Crippen LogP contribution is -2.17. The molecule has 0 saturated carbocycles. The monoisotopic (exact) mass is 163 g/mol. The quantitative estimate of drug-likeness (QED) is 0.688. The van der Waals surface area contributed by atoms with Crippen LogP contribution in [-0.2, 0) is 0 Å². The highest BCUT2D eigenvalue weighted by atomic mass is 16.3. The van der Waals surface area contributed by atoms with Gasteiger partial charge in [0.1, 0.15) is 5.76 Å². The van der Waals surface area contributed by atoms with Gasteiger partial charge in [-0.15, -0.1) is 0 Å². The summed E-state index contributed by atoms with van der Waals surface area (Å²) in [5, 5.41) is 9.04. The van der Waals surface area contributed by atoms with Crippen LogP contribution in [0.5, 0.6) is 0 Å². The molecule has 0 amide bonds. The number of anilines is 1. The smallest absolute Gasteiger partial charge is 0.199 e. The maximum Gasteiger partial charge on any atom is 0.199 e. The molecule has 0 saturated heterocycles. The summed E-state index contributed by atoms with van der Waals surface area (Å²) in [6.45, 7) is 0.649. The van der Waals surface area contributed by atoms with Crippen LogP contribution >= 0.6 is 0 Å². The third-order valence-electron chi connectivity index (χ3n) is 1.71. The van der Waals surface area contributed by atoms with Gasteiger partial charge >= 0.3 is 0 Å². The summed E-state index contributed by atoms with van der Waals surface area (Å²) >= 11 is 0. The zero-order chi connectivity index (χ0) is 8.39. The van der Waals surface area contributed by atoms with Gasteiger partial charge < -0.3 is 14.4 Å². The first-order valence-electron chi connectivity index (χ1n) is 3.74. The predicted octanol–water partition coefficient (Wildman–Crippen LogP) is 2.06. The minimum atomic E-state index is 0.304. The second-order valence-electron chi connectivity index (χ2n) is 2.55. The lowest BCUT2D eigenvalue weighted by molar-refractivity contribution is 0.427. The van der Waals surface area contributed by atoms with Crippen molar-refractivity contribution in [2.75, 3.05) is 11.4 Å². The van der Waals surface area contributed by atoms with Crippen molar-refractivity contribution in [1.29, 1.82) is 0 Å². The van der Waals surface area contributed by atoms with Gasteiger partial charge in [0.05, 0.1) is 6.26 Å². The summed E-state index contributed by atoms with van der Waals surface area (Å²) in [5.74, 6) is 1.09. The number of furan rings is 1. The number of allylic oxidation sites excluding steroid dienone is 1. The van der Waals surface area contributed by atoms with Crippen LogP contribution in [0.25, 0.3) is 0 Å². The van der Waals surface area contributed by atoms with Crippen LogP contribution in [0.2, 0.25) is 0 Å². The molecule has 0 bridgehead atoms. The maximum absolute atomic E-state index is 9.04. The van der Waals surface area contributed by atoms with Gasteiger partial charge in [0, 0.05) is 18.8 Å². The van der Waals surface area contributed by atoms with Crippen LogP contribution in [0.4, 0.5) is 5.88 Å². The molecule has 0 fully saturated rings. The van der Waals surface area contributed by atoms with Crippen molar-refractivity contribution >= 4 is 5.88 Å². The van der Waals surface area contributed by atoms with E-state index in [2.05, 4.69) is 0 Å². The van der Waals surface area contributed by atoms with Gasteiger partial charge in [-0.1, -0.05) is 0 Å². The van der Waals surface area contributed by atoms with Gasteiger partial charge in [0.2, 0.25) is 0 Å². The first-order chi connectivity index (χ1) is 5.86. The van der Waals surface area contributed by atoms with Gasteiger partial charge in [-0.25, -0.2) is 0 Å². The lowest BCUT2D eigenvalue weighted by Gasteiger charge is -2.17. The van der Waals surface area contributed by atoms with E-state index in [0.29, 0.717) is 12.3 Å². The van der Waals surface area contributed by atoms with Crippen molar-refractivity contribution in [3.05, 3.63) is 42.5 Å². The van der Waals surface area contributed by atoms with Crippen molar-refractivity contribution in [2.24, 2.45) is 0 Å². The molecule has 1 aliphatic rings. The van der Waals surface area contributed by atoms with Crippen molar-refractivity contribution in [3.8, 4) is 0 Å². The number of rotatable bonds is 1. The molecule has 2 rings (SSSR count). The minimum Gasteiger partial charge on any atom is -0.508 e. The summed E-state index contributed by atoms with van der Waals surface area (Å²) in [6.07, 6.45) is 6.77. The topological polar surface area (TPSA) is 36.6 Å². The SMILES string of the molecule is OC1=CCN(c2ccco2)C=C1. The van der Waals surface area contributed by atoms with Gasteiger partial charge in [0.25, 0.3) is 0 Å². The Morgan fingerprint density at radius 3 is 3.00 bits per heavy atom. The Balaban J connectivity index is 2.15. The van der Waals surface area contributed by atoms with Gasteiger partial charge in [-0.05, 0) is 18.2 Å². The zero-order valence-electron chi connectivity index (χ0n) is 6.47. The Bertz CT molecular complexity index is 311. The fourth-order valence-electron chi connectivity index (χ4n) is 1.08. The molecule has 0 unspecified atom stereocenters. The average molecular weight is 163 g/mol. The summed E-state index contributed by atoms with van der Waals surface area (Å²) in [7, 11) is 0. The second-order valence-corrected chi connectivity index (χ2v) is 2.55. The number of nitrogens with zero attached hydrogens (tertiary/aromatic N) is 1. The molecule has 1 aromatic rings. The van der Waals surface area contributed by atoms with Gasteiger partial charge in [0.15, 0.2) is 5.88 Å². The normalized spacial score (nSPS) is 16.3. The van der Waals surface area contributed by atoms with Crippen molar-refractivity contribution in [1.82, 2.24) is 0 Å². The first-order valence-corrected chi connectivity index (χ1v) is 3.74. The van der Waals surface area contributed by atoms with E-state index in [9.17, 15) is 0 Å². The van der Waals surface area contributed by atoms with Crippen LogP contribution < -0.4 is 4.90 Å². The molecule has 3 nitrogen and oxygen atoms in total. The van der Waals surface area contributed by atoms with E-state index in [1.165, 1.54) is 0 Å².